The topological polar surface area (TPSA) is 124 Å². The van der Waals surface area contributed by atoms with Gasteiger partial charge in [0.1, 0.15) is 11.9 Å². The number of halogens is 3. The lowest BCUT2D eigenvalue weighted by Crippen LogP contribution is -2.57. The standard InChI is InChI=1S/C20H26F3N3O5S/c1-2-15(28)24-10-19(18(30)17(29)13(9-27)26-19)7-3-4-16-25-12-8-11(31-20(21,22)23)5-6-14(12)32-16/h5-6,8,13,17-18,26-27,29-30H,2-4,7,9-10H2,1H3,(H,24,28)/t13-,17-,18+,19-/m1/s1. The number of hydrogen-bond acceptors (Lipinski definition) is 8. The number of nitrogens with zero attached hydrogens (tertiary/aromatic N) is 1. The van der Waals surface area contributed by atoms with Gasteiger partial charge in [0.25, 0.3) is 0 Å². The van der Waals surface area contributed by atoms with Gasteiger partial charge < -0.3 is 25.4 Å². The molecule has 1 saturated heterocycles. The number of benzene rings is 1. The number of nitrogens with one attached hydrogen (secondary N) is 2. The zero-order valence-corrected chi connectivity index (χ0v) is 18.2. The molecule has 8 nitrogen and oxygen atoms in total. The highest BCUT2D eigenvalue weighted by Gasteiger charge is 2.51. The van der Waals surface area contributed by atoms with Crippen molar-refractivity contribution in [2.24, 2.45) is 0 Å². The highest BCUT2D eigenvalue weighted by atomic mass is 32.1. The maximum absolute atomic E-state index is 12.4. The Morgan fingerprint density at radius 2 is 2.12 bits per heavy atom. The number of fused-ring (bicyclic) bond motifs is 1. The highest BCUT2D eigenvalue weighted by molar-refractivity contribution is 7.18. The van der Waals surface area contributed by atoms with Crippen LogP contribution in [-0.2, 0) is 11.2 Å². The van der Waals surface area contributed by atoms with Crippen LogP contribution in [0.15, 0.2) is 18.2 Å². The smallest absolute Gasteiger partial charge is 0.406 e. The van der Waals surface area contributed by atoms with Gasteiger partial charge in [-0.15, -0.1) is 24.5 Å². The predicted octanol–water partition coefficient (Wildman–Crippen LogP) is 1.47. The maximum Gasteiger partial charge on any atom is 0.573 e. The van der Waals surface area contributed by atoms with Crippen molar-refractivity contribution in [2.75, 3.05) is 13.2 Å². The van der Waals surface area contributed by atoms with Gasteiger partial charge in [-0.2, -0.15) is 0 Å². The number of hydrogen-bond donors (Lipinski definition) is 5. The molecular formula is C20H26F3N3O5S. The molecule has 1 amide bonds. The van der Waals surface area contributed by atoms with Crippen molar-refractivity contribution in [1.29, 1.82) is 0 Å². The molecule has 1 aromatic heterocycles. The van der Waals surface area contributed by atoms with Gasteiger partial charge in [-0.25, -0.2) is 4.98 Å². The van der Waals surface area contributed by atoms with E-state index >= 15 is 0 Å². The summed E-state index contributed by atoms with van der Waals surface area (Å²) in [6.07, 6.45) is -5.54. The van der Waals surface area contributed by atoms with Gasteiger partial charge >= 0.3 is 6.36 Å². The SMILES string of the molecule is CCC(=O)NC[C@@]1(CCCc2nc3cc(OC(F)(F)F)ccc3s2)N[C@H](CO)[C@@H](O)[C@@H]1O. The number of aryl methyl sites for hydroxylation is 1. The maximum atomic E-state index is 12.4. The van der Waals surface area contributed by atoms with Gasteiger partial charge in [-0.1, -0.05) is 6.92 Å². The van der Waals surface area contributed by atoms with Crippen molar-refractivity contribution in [2.45, 2.75) is 62.8 Å². The molecule has 12 heteroatoms. The van der Waals surface area contributed by atoms with Crippen LogP contribution in [0.5, 0.6) is 5.75 Å². The van der Waals surface area contributed by atoms with Crippen molar-refractivity contribution < 1.29 is 38.0 Å². The molecule has 0 bridgehead atoms. The average Bonchev–Trinajstić information content (AvgIpc) is 3.24. The minimum absolute atomic E-state index is 0.0758. The second kappa shape index (κ2) is 9.87. The van der Waals surface area contributed by atoms with Crippen LogP contribution in [0.25, 0.3) is 10.2 Å². The summed E-state index contributed by atoms with van der Waals surface area (Å²) in [6, 6.07) is 3.26. The van der Waals surface area contributed by atoms with Gasteiger partial charge in [0.2, 0.25) is 5.91 Å². The molecule has 3 rings (SSSR count). The Morgan fingerprint density at radius 1 is 1.38 bits per heavy atom. The Kier molecular flexibility index (Phi) is 7.61. The van der Waals surface area contributed by atoms with E-state index < -0.39 is 30.2 Å². The van der Waals surface area contributed by atoms with Crippen LogP contribution in [0.3, 0.4) is 0 Å². The second-order valence-corrected chi connectivity index (χ2v) is 8.91. The number of ether oxygens (including phenoxy) is 1. The minimum atomic E-state index is -4.78. The van der Waals surface area contributed by atoms with Gasteiger partial charge in [-0.3, -0.25) is 10.1 Å². The van der Waals surface area contributed by atoms with Crippen molar-refractivity contribution in [3.8, 4) is 5.75 Å². The fourth-order valence-corrected chi connectivity index (χ4v) is 4.89. The zero-order chi connectivity index (χ0) is 23.5. The lowest BCUT2D eigenvalue weighted by atomic mass is 9.87. The quantitative estimate of drug-likeness (QED) is 0.371. The van der Waals surface area contributed by atoms with E-state index in [-0.39, 0.29) is 31.2 Å². The fourth-order valence-electron chi connectivity index (χ4n) is 3.90. The summed E-state index contributed by atoms with van der Waals surface area (Å²) < 4.78 is 41.9. The number of alkyl halides is 3. The predicted molar refractivity (Wildman–Crippen MR) is 111 cm³/mol. The molecule has 5 N–H and O–H groups in total. The number of aromatic nitrogens is 1. The number of aliphatic hydroxyl groups is 3. The molecule has 32 heavy (non-hydrogen) atoms. The number of thiazole rings is 1. The molecule has 0 radical (unpaired) electrons. The molecule has 1 fully saturated rings. The van der Waals surface area contributed by atoms with Crippen molar-refractivity contribution in [1.82, 2.24) is 15.6 Å². The molecule has 1 aliphatic heterocycles. The number of carbonyl (C=O) groups excluding carboxylic acids is 1. The number of carbonyl (C=O) groups is 1. The van der Waals surface area contributed by atoms with E-state index in [1.165, 1.54) is 29.5 Å². The van der Waals surface area contributed by atoms with Crippen LogP contribution < -0.4 is 15.4 Å². The van der Waals surface area contributed by atoms with E-state index in [0.29, 0.717) is 34.5 Å². The summed E-state index contributed by atoms with van der Waals surface area (Å²) in [5.74, 6) is -0.543. The third kappa shape index (κ3) is 5.67. The molecule has 0 aliphatic carbocycles. The largest absolute Gasteiger partial charge is 0.573 e. The average molecular weight is 478 g/mol. The van der Waals surface area contributed by atoms with Gasteiger partial charge in [0.15, 0.2) is 0 Å². The molecule has 178 valence electrons. The fraction of sp³-hybridized carbons (Fsp3) is 0.600. The first-order chi connectivity index (χ1) is 15.1. The lowest BCUT2D eigenvalue weighted by molar-refractivity contribution is -0.274. The van der Waals surface area contributed by atoms with Crippen LogP contribution in [0.2, 0.25) is 0 Å². The summed E-state index contributed by atoms with van der Waals surface area (Å²) >= 11 is 1.34. The van der Waals surface area contributed by atoms with Gasteiger partial charge in [0, 0.05) is 19.0 Å². The van der Waals surface area contributed by atoms with E-state index in [0.717, 1.165) is 0 Å². The number of amides is 1. The van der Waals surface area contributed by atoms with Gasteiger partial charge in [0.05, 0.1) is 39.5 Å². The first-order valence-corrected chi connectivity index (χ1v) is 11.0. The molecule has 4 atom stereocenters. The molecule has 0 spiro atoms. The summed E-state index contributed by atoms with van der Waals surface area (Å²) in [5, 5.41) is 36.9. The Morgan fingerprint density at radius 3 is 2.75 bits per heavy atom. The number of aliphatic hydroxyl groups excluding tert-OH is 3. The van der Waals surface area contributed by atoms with E-state index in [1.54, 1.807) is 6.92 Å². The van der Waals surface area contributed by atoms with Crippen LogP contribution in [-0.4, -0.2) is 69.5 Å². The molecular weight excluding hydrogens is 451 g/mol. The monoisotopic (exact) mass is 477 g/mol. The summed E-state index contributed by atoms with van der Waals surface area (Å²) in [5.41, 5.74) is -0.631. The molecule has 0 saturated carbocycles. The first kappa shape index (κ1) is 24.6. The Bertz CT molecular complexity index is 941. The summed E-state index contributed by atoms with van der Waals surface area (Å²) in [4.78, 5) is 16.1. The van der Waals surface area contributed by atoms with E-state index in [4.69, 9.17) is 0 Å². The zero-order valence-electron chi connectivity index (χ0n) is 17.4. The van der Waals surface area contributed by atoms with Crippen molar-refractivity contribution >= 4 is 27.5 Å². The molecule has 2 heterocycles. The third-order valence-electron chi connectivity index (χ3n) is 5.54. The van der Waals surface area contributed by atoms with Crippen LogP contribution in [0, 0.1) is 0 Å². The molecule has 1 aromatic carbocycles. The summed E-state index contributed by atoms with van der Waals surface area (Å²) in [7, 11) is 0. The Labute approximate surface area is 186 Å². The second-order valence-electron chi connectivity index (χ2n) is 7.79. The van der Waals surface area contributed by atoms with E-state index in [1.807, 2.05) is 0 Å². The molecule has 1 aliphatic rings. The first-order valence-electron chi connectivity index (χ1n) is 10.2. The summed E-state index contributed by atoms with van der Waals surface area (Å²) in [6.45, 7) is 1.40. The molecule has 2 aromatic rings. The van der Waals surface area contributed by atoms with Gasteiger partial charge in [-0.05, 0) is 31.4 Å². The Balaban J connectivity index is 1.68. The normalized spacial score (nSPS) is 25.9. The van der Waals surface area contributed by atoms with E-state index in [9.17, 15) is 33.3 Å². The number of rotatable bonds is 9. The Hall–Kier alpha value is -1.99. The van der Waals surface area contributed by atoms with Crippen LogP contribution in [0.1, 0.15) is 31.2 Å². The highest BCUT2D eigenvalue weighted by Crippen LogP contribution is 2.32. The lowest BCUT2D eigenvalue weighted by Gasteiger charge is -2.34. The van der Waals surface area contributed by atoms with Crippen LogP contribution in [0.4, 0.5) is 13.2 Å². The van der Waals surface area contributed by atoms with Crippen LogP contribution >= 0.6 is 11.3 Å². The minimum Gasteiger partial charge on any atom is -0.406 e. The van der Waals surface area contributed by atoms with Crippen molar-refractivity contribution in [3.63, 3.8) is 0 Å². The van der Waals surface area contributed by atoms with E-state index in [2.05, 4.69) is 20.4 Å². The van der Waals surface area contributed by atoms with Crippen molar-refractivity contribution in [3.05, 3.63) is 23.2 Å². The molecule has 0 unspecified atom stereocenters. The third-order valence-corrected chi connectivity index (χ3v) is 6.64.